The maximum Gasteiger partial charge on any atom is 0.269 e. The predicted octanol–water partition coefficient (Wildman–Crippen LogP) is 1.99. The van der Waals surface area contributed by atoms with Crippen molar-refractivity contribution in [1.29, 1.82) is 0 Å². The van der Waals surface area contributed by atoms with Gasteiger partial charge in [0.05, 0.1) is 10.6 Å². The Bertz CT molecular complexity index is 1070. The van der Waals surface area contributed by atoms with Gasteiger partial charge in [0.25, 0.3) is 17.2 Å². The molecule has 0 aliphatic heterocycles. The minimum atomic E-state index is -0.539. The Balaban J connectivity index is 1.92. The molecular formula is C17H16N6O4. The van der Waals surface area contributed by atoms with Gasteiger partial charge in [0.15, 0.2) is 0 Å². The molecule has 0 saturated heterocycles. The van der Waals surface area contributed by atoms with E-state index in [0.717, 1.165) is 0 Å². The summed E-state index contributed by atoms with van der Waals surface area (Å²) >= 11 is 0. The van der Waals surface area contributed by atoms with Crippen molar-refractivity contribution in [2.24, 2.45) is 0 Å². The van der Waals surface area contributed by atoms with Crippen molar-refractivity contribution in [3.63, 3.8) is 0 Å². The maximum atomic E-state index is 12.5. The highest BCUT2D eigenvalue weighted by Crippen LogP contribution is 2.17. The van der Waals surface area contributed by atoms with Gasteiger partial charge in [-0.1, -0.05) is 6.92 Å². The molecule has 138 valence electrons. The number of hydrogen-bond acceptors (Lipinski definition) is 6. The van der Waals surface area contributed by atoms with Crippen LogP contribution < -0.4 is 10.9 Å². The number of nitrogens with zero attached hydrogens (tertiary/aromatic N) is 4. The Kier molecular flexibility index (Phi) is 4.79. The van der Waals surface area contributed by atoms with Gasteiger partial charge in [-0.05, 0) is 25.5 Å². The summed E-state index contributed by atoms with van der Waals surface area (Å²) in [5, 5.41) is 17.7. The van der Waals surface area contributed by atoms with Crippen LogP contribution in [0.1, 0.15) is 28.7 Å². The van der Waals surface area contributed by atoms with Crippen molar-refractivity contribution in [1.82, 2.24) is 19.7 Å². The van der Waals surface area contributed by atoms with Gasteiger partial charge in [0.2, 0.25) is 5.95 Å². The summed E-state index contributed by atoms with van der Waals surface area (Å²) in [7, 11) is 0. The Labute approximate surface area is 153 Å². The molecule has 27 heavy (non-hydrogen) atoms. The molecule has 0 saturated carbocycles. The molecule has 10 heteroatoms. The third kappa shape index (κ3) is 3.89. The molecule has 0 atom stereocenters. The molecule has 1 aromatic carbocycles. The van der Waals surface area contributed by atoms with E-state index in [1.165, 1.54) is 35.0 Å². The zero-order valence-electron chi connectivity index (χ0n) is 14.6. The first-order valence-electron chi connectivity index (χ1n) is 8.10. The first kappa shape index (κ1) is 18.0. The molecule has 0 fully saturated rings. The van der Waals surface area contributed by atoms with E-state index in [1.807, 2.05) is 6.92 Å². The highest BCUT2D eigenvalue weighted by molar-refractivity contribution is 6.04. The maximum absolute atomic E-state index is 12.5. The van der Waals surface area contributed by atoms with Crippen LogP contribution >= 0.6 is 0 Å². The Morgan fingerprint density at radius 2 is 2.00 bits per heavy atom. The lowest BCUT2D eigenvalue weighted by molar-refractivity contribution is -0.384. The average molecular weight is 368 g/mol. The number of benzene rings is 1. The van der Waals surface area contributed by atoms with Crippen LogP contribution in [0, 0.1) is 17.0 Å². The minimum absolute atomic E-state index is 0.106. The molecule has 0 unspecified atom stereocenters. The van der Waals surface area contributed by atoms with Crippen molar-refractivity contribution < 1.29 is 9.72 Å². The third-order valence-corrected chi connectivity index (χ3v) is 3.76. The van der Waals surface area contributed by atoms with E-state index in [9.17, 15) is 19.7 Å². The highest BCUT2D eigenvalue weighted by Gasteiger charge is 2.15. The summed E-state index contributed by atoms with van der Waals surface area (Å²) in [5.74, 6) is 0.0266. The lowest BCUT2D eigenvalue weighted by Crippen LogP contribution is -2.19. The molecule has 3 aromatic rings. The Morgan fingerprint density at radius 3 is 2.63 bits per heavy atom. The molecule has 2 N–H and O–H groups in total. The fraction of sp³-hybridized carbons (Fsp3) is 0.176. The summed E-state index contributed by atoms with van der Waals surface area (Å²) in [6.07, 6.45) is 0.571. The van der Waals surface area contributed by atoms with Crippen LogP contribution in [0.25, 0.3) is 5.95 Å². The zero-order chi connectivity index (χ0) is 19.6. The van der Waals surface area contributed by atoms with Gasteiger partial charge in [0.1, 0.15) is 5.82 Å². The van der Waals surface area contributed by atoms with Gasteiger partial charge in [0, 0.05) is 35.5 Å². The average Bonchev–Trinajstić information content (AvgIpc) is 3.01. The number of rotatable bonds is 5. The van der Waals surface area contributed by atoms with Crippen LogP contribution in [0.2, 0.25) is 0 Å². The van der Waals surface area contributed by atoms with E-state index in [1.54, 1.807) is 13.0 Å². The molecule has 3 rings (SSSR count). The Morgan fingerprint density at radius 1 is 1.30 bits per heavy atom. The van der Waals surface area contributed by atoms with Crippen LogP contribution in [0.15, 0.2) is 41.2 Å². The quantitative estimate of drug-likeness (QED) is 0.522. The van der Waals surface area contributed by atoms with Crippen LogP contribution in [0.3, 0.4) is 0 Å². The molecule has 0 spiro atoms. The van der Waals surface area contributed by atoms with E-state index in [4.69, 9.17) is 0 Å². The molecule has 10 nitrogen and oxygen atoms in total. The molecule has 1 amide bonds. The molecule has 2 aromatic heterocycles. The topological polar surface area (TPSA) is 136 Å². The number of anilines is 1. The number of aryl methyl sites for hydroxylation is 2. The van der Waals surface area contributed by atoms with Crippen LogP contribution in [-0.2, 0) is 6.42 Å². The second-order valence-corrected chi connectivity index (χ2v) is 5.75. The normalized spacial score (nSPS) is 10.6. The summed E-state index contributed by atoms with van der Waals surface area (Å²) in [6, 6.07) is 8.25. The number of H-pyrrole nitrogens is 1. The zero-order valence-corrected chi connectivity index (χ0v) is 14.6. The summed E-state index contributed by atoms with van der Waals surface area (Å²) < 4.78 is 1.33. The number of non-ortho nitro benzene ring substituents is 1. The van der Waals surface area contributed by atoms with Crippen molar-refractivity contribution >= 4 is 17.4 Å². The first-order valence-corrected chi connectivity index (χ1v) is 8.10. The van der Waals surface area contributed by atoms with Gasteiger partial charge in [-0.2, -0.15) is 9.78 Å². The molecule has 2 heterocycles. The highest BCUT2D eigenvalue weighted by atomic mass is 16.6. The first-order chi connectivity index (χ1) is 12.9. The number of nitrogens with one attached hydrogen (secondary N) is 2. The van der Waals surface area contributed by atoms with Gasteiger partial charge in [-0.25, -0.2) is 4.98 Å². The second-order valence-electron chi connectivity index (χ2n) is 5.75. The Hall–Kier alpha value is -3.82. The standard InChI is InChI=1S/C17H16N6O4/c1-3-12-9-15(24)20-17(18-12)22-14(8-10(2)21-22)19-16(25)11-4-6-13(7-5-11)23(26)27/h4-9H,3H2,1-2H3,(H,19,25)(H,18,20,24). The smallest absolute Gasteiger partial charge is 0.269 e. The lowest BCUT2D eigenvalue weighted by Gasteiger charge is -2.09. The van der Waals surface area contributed by atoms with Gasteiger partial charge >= 0.3 is 0 Å². The SMILES string of the molecule is CCc1cc(=O)[nH]c(-n2nc(C)cc2NC(=O)c2ccc([N+](=O)[O-])cc2)n1. The van der Waals surface area contributed by atoms with Crippen molar-refractivity contribution in [2.75, 3.05) is 5.32 Å². The van der Waals surface area contributed by atoms with Crippen LogP contribution in [0.5, 0.6) is 0 Å². The molecule has 0 aliphatic carbocycles. The number of nitro groups is 1. The number of amides is 1. The van der Waals surface area contributed by atoms with E-state index in [2.05, 4.69) is 20.4 Å². The van der Waals surface area contributed by atoms with E-state index in [0.29, 0.717) is 23.6 Å². The molecular weight excluding hydrogens is 352 g/mol. The molecule has 0 bridgehead atoms. The summed E-state index contributed by atoms with van der Waals surface area (Å²) in [6.45, 7) is 3.61. The van der Waals surface area contributed by atoms with E-state index in [-0.39, 0.29) is 22.8 Å². The summed E-state index contributed by atoms with van der Waals surface area (Å²) in [5.41, 5.74) is 1.02. The second kappa shape index (κ2) is 7.20. The van der Waals surface area contributed by atoms with Gasteiger partial charge in [-0.15, -0.1) is 0 Å². The van der Waals surface area contributed by atoms with Crippen LogP contribution in [0.4, 0.5) is 11.5 Å². The minimum Gasteiger partial charge on any atom is -0.306 e. The number of carbonyl (C=O) groups excluding carboxylic acids is 1. The third-order valence-electron chi connectivity index (χ3n) is 3.76. The fourth-order valence-corrected chi connectivity index (χ4v) is 2.45. The number of carbonyl (C=O) groups is 1. The van der Waals surface area contributed by atoms with Crippen molar-refractivity contribution in [3.05, 3.63) is 73.8 Å². The number of nitro benzene ring substituents is 1. The monoisotopic (exact) mass is 368 g/mol. The largest absolute Gasteiger partial charge is 0.306 e. The summed E-state index contributed by atoms with van der Waals surface area (Å²) in [4.78, 5) is 41.4. The number of aromatic amines is 1. The lowest BCUT2D eigenvalue weighted by atomic mass is 10.2. The predicted molar refractivity (Wildman–Crippen MR) is 97.1 cm³/mol. The van der Waals surface area contributed by atoms with E-state index >= 15 is 0 Å². The van der Waals surface area contributed by atoms with E-state index < -0.39 is 10.8 Å². The van der Waals surface area contributed by atoms with Gasteiger partial charge in [-0.3, -0.25) is 24.7 Å². The van der Waals surface area contributed by atoms with Gasteiger partial charge < -0.3 is 5.32 Å². The van der Waals surface area contributed by atoms with Crippen molar-refractivity contribution in [2.45, 2.75) is 20.3 Å². The molecule has 0 radical (unpaired) electrons. The van der Waals surface area contributed by atoms with Crippen LogP contribution in [-0.4, -0.2) is 30.6 Å². The molecule has 0 aliphatic rings. The number of hydrogen-bond donors (Lipinski definition) is 2. The fourth-order valence-electron chi connectivity index (χ4n) is 2.45. The number of aromatic nitrogens is 4. The van der Waals surface area contributed by atoms with Crippen molar-refractivity contribution in [3.8, 4) is 5.95 Å².